The molecule has 2 rings (SSSR count). The highest BCUT2D eigenvalue weighted by molar-refractivity contribution is 7.91. The van der Waals surface area contributed by atoms with E-state index in [1.165, 1.54) is 0 Å². The predicted molar refractivity (Wildman–Crippen MR) is 76.6 cm³/mol. The van der Waals surface area contributed by atoms with Crippen LogP contribution in [0.5, 0.6) is 0 Å². The number of sulfone groups is 1. The first-order valence-corrected chi connectivity index (χ1v) is 8.67. The van der Waals surface area contributed by atoms with Crippen molar-refractivity contribution in [3.8, 4) is 0 Å². The summed E-state index contributed by atoms with van der Waals surface area (Å²) < 4.78 is 22.8. The summed E-state index contributed by atoms with van der Waals surface area (Å²) in [6.07, 6.45) is 1.26. The van der Waals surface area contributed by atoms with E-state index in [4.69, 9.17) is 34.8 Å². The van der Waals surface area contributed by atoms with Gasteiger partial charge in [-0.25, -0.2) is 8.42 Å². The first-order chi connectivity index (χ1) is 8.37. The van der Waals surface area contributed by atoms with Gasteiger partial charge < -0.3 is 0 Å². The van der Waals surface area contributed by atoms with Crippen molar-refractivity contribution in [2.45, 2.75) is 18.2 Å². The topological polar surface area (TPSA) is 34.1 Å². The molecule has 0 spiro atoms. The maximum absolute atomic E-state index is 11.4. The first kappa shape index (κ1) is 14.4. The van der Waals surface area contributed by atoms with E-state index < -0.39 is 9.84 Å². The Morgan fingerprint density at radius 2 is 2.00 bits per heavy atom. The Balaban J connectivity index is 2.03. The minimum atomic E-state index is -2.88. The SMILES string of the molecule is O=S1(=O)CCC(C(Cl)Cc2ccc(Cl)c(Cl)c2)C1. The molecule has 1 fully saturated rings. The quantitative estimate of drug-likeness (QED) is 0.795. The second-order valence-corrected chi connectivity index (χ2v) is 8.24. The van der Waals surface area contributed by atoms with Gasteiger partial charge in [-0.05, 0) is 36.5 Å². The molecule has 100 valence electrons. The molecule has 0 aromatic heterocycles. The zero-order chi connectivity index (χ0) is 13.3. The summed E-state index contributed by atoms with van der Waals surface area (Å²) in [6.45, 7) is 0. The second-order valence-electron chi connectivity index (χ2n) is 4.63. The normalized spacial score (nSPS) is 24.1. The predicted octanol–water partition coefficient (Wildman–Crippen LogP) is 3.58. The molecule has 18 heavy (non-hydrogen) atoms. The zero-order valence-electron chi connectivity index (χ0n) is 9.57. The van der Waals surface area contributed by atoms with Crippen LogP contribution in [0, 0.1) is 5.92 Å². The Kier molecular flexibility index (Phi) is 4.48. The standard InChI is InChI=1S/C12H13Cl3O2S/c13-10-2-1-8(6-12(10)15)5-11(14)9-3-4-18(16,17)7-9/h1-2,6,9,11H,3-5,7H2. The number of benzene rings is 1. The summed E-state index contributed by atoms with van der Waals surface area (Å²) in [7, 11) is -2.88. The average Bonchev–Trinajstić information content (AvgIpc) is 2.64. The molecule has 1 aromatic rings. The molecule has 0 radical (unpaired) electrons. The van der Waals surface area contributed by atoms with Crippen LogP contribution < -0.4 is 0 Å². The number of halogens is 3. The van der Waals surface area contributed by atoms with Crippen molar-refractivity contribution < 1.29 is 8.42 Å². The minimum Gasteiger partial charge on any atom is -0.229 e. The summed E-state index contributed by atoms with van der Waals surface area (Å²) in [6, 6.07) is 5.38. The smallest absolute Gasteiger partial charge is 0.150 e. The van der Waals surface area contributed by atoms with Gasteiger partial charge in [0.25, 0.3) is 0 Å². The average molecular weight is 328 g/mol. The van der Waals surface area contributed by atoms with Crippen LogP contribution in [0.1, 0.15) is 12.0 Å². The fraction of sp³-hybridized carbons (Fsp3) is 0.500. The van der Waals surface area contributed by atoms with E-state index in [0.717, 1.165) is 5.56 Å². The van der Waals surface area contributed by atoms with Crippen LogP contribution >= 0.6 is 34.8 Å². The van der Waals surface area contributed by atoms with Crippen LogP contribution in [-0.4, -0.2) is 25.3 Å². The van der Waals surface area contributed by atoms with E-state index in [0.29, 0.717) is 22.9 Å². The summed E-state index contributed by atoms with van der Waals surface area (Å²) in [5, 5.41) is 0.826. The minimum absolute atomic E-state index is 0.0334. The number of rotatable bonds is 3. The van der Waals surface area contributed by atoms with Crippen LogP contribution in [-0.2, 0) is 16.3 Å². The van der Waals surface area contributed by atoms with E-state index in [2.05, 4.69) is 0 Å². The van der Waals surface area contributed by atoms with Gasteiger partial charge in [0, 0.05) is 5.38 Å². The summed E-state index contributed by atoms with van der Waals surface area (Å²) >= 11 is 18.1. The monoisotopic (exact) mass is 326 g/mol. The molecule has 0 aliphatic carbocycles. The molecule has 0 bridgehead atoms. The third-order valence-electron chi connectivity index (χ3n) is 3.19. The molecule has 0 amide bonds. The van der Waals surface area contributed by atoms with Gasteiger partial charge in [-0.3, -0.25) is 0 Å². The van der Waals surface area contributed by atoms with E-state index >= 15 is 0 Å². The Labute approximate surface area is 122 Å². The zero-order valence-corrected chi connectivity index (χ0v) is 12.7. The third kappa shape index (κ3) is 3.53. The molecule has 2 unspecified atom stereocenters. The van der Waals surface area contributed by atoms with Crippen LogP contribution in [0.2, 0.25) is 10.0 Å². The Hall–Kier alpha value is 0.0400. The van der Waals surface area contributed by atoms with Crippen LogP contribution in [0.15, 0.2) is 18.2 Å². The van der Waals surface area contributed by atoms with Gasteiger partial charge in [0.1, 0.15) is 0 Å². The maximum Gasteiger partial charge on any atom is 0.150 e. The molecule has 1 aliphatic heterocycles. The molecule has 1 aromatic carbocycles. The van der Waals surface area contributed by atoms with E-state index in [1.807, 2.05) is 6.07 Å². The highest BCUT2D eigenvalue weighted by Gasteiger charge is 2.32. The molecule has 6 heteroatoms. The number of hydrogen-bond acceptors (Lipinski definition) is 2. The highest BCUT2D eigenvalue weighted by Crippen LogP contribution is 2.29. The molecule has 1 heterocycles. The molecular formula is C12H13Cl3O2S. The van der Waals surface area contributed by atoms with Gasteiger partial charge in [0.2, 0.25) is 0 Å². The molecule has 1 aliphatic rings. The Morgan fingerprint density at radius 1 is 1.28 bits per heavy atom. The lowest BCUT2D eigenvalue weighted by Crippen LogP contribution is -2.18. The molecular weight excluding hydrogens is 315 g/mol. The molecule has 0 N–H and O–H groups in total. The fourth-order valence-corrected chi connectivity index (χ4v) is 4.87. The Bertz CT molecular complexity index is 542. The van der Waals surface area contributed by atoms with Crippen molar-refractivity contribution in [3.63, 3.8) is 0 Å². The van der Waals surface area contributed by atoms with Crippen molar-refractivity contribution >= 4 is 44.6 Å². The van der Waals surface area contributed by atoms with Crippen molar-refractivity contribution in [1.29, 1.82) is 0 Å². The van der Waals surface area contributed by atoms with Crippen LogP contribution in [0.4, 0.5) is 0 Å². The lowest BCUT2D eigenvalue weighted by Gasteiger charge is -2.15. The summed E-state index contributed by atoms with van der Waals surface area (Å²) in [5.41, 5.74) is 0.980. The van der Waals surface area contributed by atoms with Gasteiger partial charge >= 0.3 is 0 Å². The van der Waals surface area contributed by atoms with Crippen LogP contribution in [0.25, 0.3) is 0 Å². The number of alkyl halides is 1. The van der Waals surface area contributed by atoms with Gasteiger partial charge in [0.15, 0.2) is 9.84 Å². The molecule has 2 atom stereocenters. The molecule has 2 nitrogen and oxygen atoms in total. The van der Waals surface area contributed by atoms with E-state index in [9.17, 15) is 8.42 Å². The lowest BCUT2D eigenvalue weighted by molar-refractivity contribution is 0.550. The van der Waals surface area contributed by atoms with Crippen molar-refractivity contribution in [2.75, 3.05) is 11.5 Å². The van der Waals surface area contributed by atoms with Crippen molar-refractivity contribution in [1.82, 2.24) is 0 Å². The van der Waals surface area contributed by atoms with Crippen molar-refractivity contribution in [2.24, 2.45) is 5.92 Å². The fourth-order valence-electron chi connectivity index (χ4n) is 2.17. The first-order valence-electron chi connectivity index (χ1n) is 5.66. The molecule has 0 saturated carbocycles. The highest BCUT2D eigenvalue weighted by atomic mass is 35.5. The maximum atomic E-state index is 11.4. The number of hydrogen-bond donors (Lipinski definition) is 0. The summed E-state index contributed by atoms with van der Waals surface area (Å²) in [5.74, 6) is 0.483. The molecule has 1 saturated heterocycles. The lowest BCUT2D eigenvalue weighted by atomic mass is 9.98. The van der Waals surface area contributed by atoms with E-state index in [-0.39, 0.29) is 22.8 Å². The third-order valence-corrected chi connectivity index (χ3v) is 6.24. The van der Waals surface area contributed by atoms with Gasteiger partial charge in [0.05, 0.1) is 21.6 Å². The summed E-state index contributed by atoms with van der Waals surface area (Å²) in [4.78, 5) is 0. The van der Waals surface area contributed by atoms with Gasteiger partial charge in [-0.15, -0.1) is 11.6 Å². The largest absolute Gasteiger partial charge is 0.229 e. The van der Waals surface area contributed by atoms with Crippen LogP contribution in [0.3, 0.4) is 0 Å². The Morgan fingerprint density at radius 3 is 2.56 bits per heavy atom. The van der Waals surface area contributed by atoms with Gasteiger partial charge in [-0.2, -0.15) is 0 Å². The second kappa shape index (κ2) is 5.58. The van der Waals surface area contributed by atoms with Crippen molar-refractivity contribution in [3.05, 3.63) is 33.8 Å². The van der Waals surface area contributed by atoms with E-state index in [1.54, 1.807) is 12.1 Å². The van der Waals surface area contributed by atoms with Gasteiger partial charge in [-0.1, -0.05) is 29.3 Å².